The average Bonchev–Trinajstić information content (AvgIpc) is 3.08. The number of nitrogens with one attached hydrogen (secondary N) is 1. The summed E-state index contributed by atoms with van der Waals surface area (Å²) in [5, 5.41) is 7.68. The van der Waals surface area contributed by atoms with Crippen LogP contribution in [0.25, 0.3) is 0 Å². The van der Waals surface area contributed by atoms with Gasteiger partial charge in [0.2, 0.25) is 0 Å². The summed E-state index contributed by atoms with van der Waals surface area (Å²) in [7, 11) is 1.55. The van der Waals surface area contributed by atoms with Crippen LogP contribution in [0.3, 0.4) is 0 Å². The maximum atomic E-state index is 12.2. The topological polar surface area (TPSA) is 65.4 Å². The van der Waals surface area contributed by atoms with Crippen LogP contribution in [-0.2, 0) is 11.3 Å². The van der Waals surface area contributed by atoms with Crippen molar-refractivity contribution in [3.8, 4) is 11.5 Å². The molecule has 0 aliphatic carbocycles. The van der Waals surface area contributed by atoms with Crippen LogP contribution in [0, 0.1) is 0 Å². The summed E-state index contributed by atoms with van der Waals surface area (Å²) < 4.78 is 12.4. The molecule has 7 heteroatoms. The van der Waals surface area contributed by atoms with Crippen molar-refractivity contribution >= 4 is 23.3 Å². The van der Waals surface area contributed by atoms with Crippen molar-refractivity contribution in [2.75, 3.05) is 19.0 Å². The monoisotopic (exact) mass is 371 g/mol. The first-order valence-electron chi connectivity index (χ1n) is 7.98. The van der Waals surface area contributed by atoms with Crippen molar-refractivity contribution in [2.24, 2.45) is 0 Å². The third kappa shape index (κ3) is 4.34. The van der Waals surface area contributed by atoms with Gasteiger partial charge in [-0.1, -0.05) is 41.9 Å². The normalized spacial score (nSPS) is 10.4. The first-order chi connectivity index (χ1) is 12.7. The minimum atomic E-state index is -0.295. The zero-order chi connectivity index (χ0) is 18.4. The highest BCUT2D eigenvalue weighted by molar-refractivity contribution is 6.31. The molecule has 6 nitrogen and oxygen atoms in total. The molecule has 0 aliphatic heterocycles. The largest absolute Gasteiger partial charge is 0.493 e. The van der Waals surface area contributed by atoms with E-state index in [0.717, 1.165) is 5.56 Å². The molecule has 26 heavy (non-hydrogen) atoms. The number of aromatic nitrogens is 2. The minimum absolute atomic E-state index is 0.141. The fourth-order valence-electron chi connectivity index (χ4n) is 2.41. The first-order valence-corrected chi connectivity index (χ1v) is 8.36. The molecule has 0 saturated heterocycles. The van der Waals surface area contributed by atoms with Crippen LogP contribution in [0.15, 0.2) is 60.8 Å². The van der Waals surface area contributed by atoms with Crippen molar-refractivity contribution in [1.82, 2.24) is 9.78 Å². The van der Waals surface area contributed by atoms with E-state index in [-0.39, 0.29) is 12.5 Å². The number of methoxy groups -OCH3 is 1. The molecule has 0 radical (unpaired) electrons. The Bertz CT molecular complexity index is 895. The molecular formula is C19H18ClN3O3. The van der Waals surface area contributed by atoms with E-state index >= 15 is 0 Å². The molecule has 0 unspecified atom stereocenters. The van der Waals surface area contributed by atoms with Crippen LogP contribution in [0.1, 0.15) is 5.56 Å². The van der Waals surface area contributed by atoms with E-state index in [9.17, 15) is 4.79 Å². The van der Waals surface area contributed by atoms with Gasteiger partial charge in [0.05, 0.1) is 19.9 Å². The lowest BCUT2D eigenvalue weighted by molar-refractivity contribution is -0.118. The van der Waals surface area contributed by atoms with E-state index in [4.69, 9.17) is 21.1 Å². The second-order valence-corrected chi connectivity index (χ2v) is 5.86. The van der Waals surface area contributed by atoms with Crippen molar-refractivity contribution in [3.63, 3.8) is 0 Å². The molecular weight excluding hydrogens is 354 g/mol. The lowest BCUT2D eigenvalue weighted by Crippen LogP contribution is -2.22. The molecule has 0 saturated carbocycles. The second kappa shape index (κ2) is 8.40. The van der Waals surface area contributed by atoms with Crippen LogP contribution < -0.4 is 14.8 Å². The number of para-hydroxylation sites is 2. The summed E-state index contributed by atoms with van der Waals surface area (Å²) in [5.74, 6) is 1.36. The van der Waals surface area contributed by atoms with Gasteiger partial charge in [-0.3, -0.25) is 4.79 Å². The minimum Gasteiger partial charge on any atom is -0.493 e. The Labute approximate surface area is 156 Å². The van der Waals surface area contributed by atoms with E-state index in [2.05, 4.69) is 10.4 Å². The first kappa shape index (κ1) is 17.8. The maximum Gasteiger partial charge on any atom is 0.263 e. The zero-order valence-electron chi connectivity index (χ0n) is 14.2. The summed E-state index contributed by atoms with van der Waals surface area (Å²) in [6.45, 7) is 0.313. The maximum absolute atomic E-state index is 12.2. The molecule has 134 valence electrons. The highest BCUT2D eigenvalue weighted by Gasteiger charge is 2.11. The van der Waals surface area contributed by atoms with Gasteiger partial charge in [-0.15, -0.1) is 0 Å². The molecule has 0 spiro atoms. The second-order valence-electron chi connectivity index (χ2n) is 5.45. The van der Waals surface area contributed by atoms with Crippen LogP contribution >= 0.6 is 11.6 Å². The standard InChI is InChI=1S/C19H18ClN3O3/c1-25-16-8-4-5-9-17(16)26-13-19(24)22-18-10-11-21-23(18)12-14-6-2-3-7-15(14)20/h2-11H,12-13H2,1H3,(H,22,24). The predicted molar refractivity (Wildman–Crippen MR) is 99.9 cm³/mol. The molecule has 0 fully saturated rings. The summed E-state index contributed by atoms with van der Waals surface area (Å²) in [4.78, 5) is 12.2. The molecule has 0 aliphatic rings. The van der Waals surface area contributed by atoms with Crippen molar-refractivity contribution in [1.29, 1.82) is 0 Å². The number of carbonyl (C=O) groups is 1. The lowest BCUT2D eigenvalue weighted by Gasteiger charge is -2.12. The van der Waals surface area contributed by atoms with Crippen molar-refractivity contribution in [2.45, 2.75) is 6.54 Å². The van der Waals surface area contributed by atoms with E-state index in [1.807, 2.05) is 36.4 Å². The molecule has 1 N–H and O–H groups in total. The van der Waals surface area contributed by atoms with Gasteiger partial charge in [0.15, 0.2) is 18.1 Å². The number of nitrogens with zero attached hydrogens (tertiary/aromatic N) is 2. The molecule has 3 aromatic rings. The Morgan fingerprint density at radius 1 is 1.12 bits per heavy atom. The van der Waals surface area contributed by atoms with Gasteiger partial charge in [-0.25, -0.2) is 4.68 Å². The SMILES string of the molecule is COc1ccccc1OCC(=O)Nc1ccnn1Cc1ccccc1Cl. The third-order valence-electron chi connectivity index (χ3n) is 3.69. The summed E-state index contributed by atoms with van der Waals surface area (Å²) >= 11 is 6.19. The molecule has 2 aromatic carbocycles. The highest BCUT2D eigenvalue weighted by atomic mass is 35.5. The van der Waals surface area contributed by atoms with Gasteiger partial charge in [-0.2, -0.15) is 5.10 Å². The van der Waals surface area contributed by atoms with Gasteiger partial charge in [0.25, 0.3) is 5.91 Å². The van der Waals surface area contributed by atoms with Gasteiger partial charge in [0, 0.05) is 11.1 Å². The Balaban J connectivity index is 1.62. The van der Waals surface area contributed by atoms with Gasteiger partial charge in [-0.05, 0) is 23.8 Å². The van der Waals surface area contributed by atoms with E-state index in [1.165, 1.54) is 0 Å². The Hall–Kier alpha value is -2.99. The number of amides is 1. The van der Waals surface area contributed by atoms with E-state index in [0.29, 0.717) is 28.9 Å². The van der Waals surface area contributed by atoms with Crippen LogP contribution in [0.2, 0.25) is 5.02 Å². The highest BCUT2D eigenvalue weighted by Crippen LogP contribution is 2.25. The number of anilines is 1. The Kier molecular flexibility index (Phi) is 5.76. The number of carbonyl (C=O) groups excluding carboxylic acids is 1. The van der Waals surface area contributed by atoms with Crippen LogP contribution in [0.5, 0.6) is 11.5 Å². The van der Waals surface area contributed by atoms with Crippen molar-refractivity contribution in [3.05, 3.63) is 71.4 Å². The number of rotatable bonds is 7. The third-order valence-corrected chi connectivity index (χ3v) is 4.06. The summed E-state index contributed by atoms with van der Waals surface area (Å²) in [5.41, 5.74) is 0.915. The summed E-state index contributed by atoms with van der Waals surface area (Å²) in [6.07, 6.45) is 1.62. The van der Waals surface area contributed by atoms with Gasteiger partial charge >= 0.3 is 0 Å². The molecule has 1 heterocycles. The van der Waals surface area contributed by atoms with Crippen LogP contribution in [0.4, 0.5) is 5.82 Å². The fourth-order valence-corrected chi connectivity index (χ4v) is 2.61. The molecule has 3 rings (SSSR count). The number of ether oxygens (including phenoxy) is 2. The van der Waals surface area contributed by atoms with E-state index in [1.54, 1.807) is 36.2 Å². The Morgan fingerprint density at radius 2 is 1.85 bits per heavy atom. The molecule has 0 atom stereocenters. The summed E-state index contributed by atoms with van der Waals surface area (Å²) in [6, 6.07) is 16.4. The number of hydrogen-bond donors (Lipinski definition) is 1. The zero-order valence-corrected chi connectivity index (χ0v) is 14.9. The van der Waals surface area contributed by atoms with Gasteiger partial charge in [0.1, 0.15) is 5.82 Å². The molecule has 1 aromatic heterocycles. The fraction of sp³-hybridized carbons (Fsp3) is 0.158. The molecule has 1 amide bonds. The quantitative estimate of drug-likeness (QED) is 0.689. The van der Waals surface area contributed by atoms with Crippen LogP contribution in [-0.4, -0.2) is 29.4 Å². The average molecular weight is 372 g/mol. The Morgan fingerprint density at radius 3 is 2.62 bits per heavy atom. The van der Waals surface area contributed by atoms with Crippen molar-refractivity contribution < 1.29 is 14.3 Å². The van der Waals surface area contributed by atoms with Gasteiger partial charge < -0.3 is 14.8 Å². The number of hydrogen-bond acceptors (Lipinski definition) is 4. The predicted octanol–water partition coefficient (Wildman–Crippen LogP) is 3.61. The smallest absolute Gasteiger partial charge is 0.263 e. The van der Waals surface area contributed by atoms with E-state index < -0.39 is 0 Å². The number of halogens is 1. The number of benzene rings is 2. The lowest BCUT2D eigenvalue weighted by atomic mass is 10.2. The molecule has 0 bridgehead atoms.